The lowest BCUT2D eigenvalue weighted by Gasteiger charge is -2.13. The molecule has 4 nitrogen and oxygen atoms in total. The van der Waals surface area contributed by atoms with E-state index in [-0.39, 0.29) is 11.8 Å². The largest absolute Gasteiger partial charge is 0.325 e. The molecule has 1 atom stereocenters. The number of amides is 1. The molecule has 94 valence electrons. The summed E-state index contributed by atoms with van der Waals surface area (Å²) in [6, 6.07) is 7.76. The Labute approximate surface area is 106 Å². The summed E-state index contributed by atoms with van der Waals surface area (Å²) in [6.45, 7) is 2.56. The van der Waals surface area contributed by atoms with Gasteiger partial charge in [0.15, 0.2) is 0 Å². The highest BCUT2D eigenvalue weighted by Gasteiger charge is 2.12. The molecule has 1 heterocycles. The SMILES string of the molecule is CNCC(C)C(=O)Nc1cccc2ccncc12. The molecule has 0 saturated heterocycles. The predicted octanol–water partition coefficient (Wildman–Crippen LogP) is 2.03. The summed E-state index contributed by atoms with van der Waals surface area (Å²) in [7, 11) is 1.84. The molecule has 18 heavy (non-hydrogen) atoms. The highest BCUT2D eigenvalue weighted by atomic mass is 16.1. The van der Waals surface area contributed by atoms with E-state index >= 15 is 0 Å². The van der Waals surface area contributed by atoms with E-state index in [1.54, 1.807) is 12.4 Å². The Morgan fingerprint density at radius 1 is 1.39 bits per heavy atom. The molecule has 2 aromatic rings. The number of anilines is 1. The van der Waals surface area contributed by atoms with Crippen molar-refractivity contribution in [2.75, 3.05) is 18.9 Å². The van der Waals surface area contributed by atoms with Crippen molar-refractivity contribution in [2.24, 2.45) is 5.92 Å². The molecule has 0 bridgehead atoms. The van der Waals surface area contributed by atoms with Crippen LogP contribution in [0.25, 0.3) is 10.8 Å². The summed E-state index contributed by atoms with van der Waals surface area (Å²) in [5.41, 5.74) is 0.813. The van der Waals surface area contributed by atoms with Gasteiger partial charge in [-0.15, -0.1) is 0 Å². The van der Waals surface area contributed by atoms with Gasteiger partial charge in [0.05, 0.1) is 5.69 Å². The summed E-state index contributed by atoms with van der Waals surface area (Å²) in [4.78, 5) is 16.1. The van der Waals surface area contributed by atoms with Crippen molar-refractivity contribution in [1.29, 1.82) is 0 Å². The first-order valence-electron chi connectivity index (χ1n) is 6.00. The van der Waals surface area contributed by atoms with Crippen LogP contribution in [0, 0.1) is 5.92 Å². The summed E-state index contributed by atoms with van der Waals surface area (Å²) in [5.74, 6) is -0.0531. The van der Waals surface area contributed by atoms with Gasteiger partial charge >= 0.3 is 0 Å². The number of carbonyl (C=O) groups excluding carboxylic acids is 1. The van der Waals surface area contributed by atoms with Crippen LogP contribution >= 0.6 is 0 Å². The van der Waals surface area contributed by atoms with Crippen molar-refractivity contribution in [1.82, 2.24) is 10.3 Å². The van der Waals surface area contributed by atoms with E-state index in [1.807, 2.05) is 38.2 Å². The van der Waals surface area contributed by atoms with Crippen molar-refractivity contribution in [3.05, 3.63) is 36.7 Å². The van der Waals surface area contributed by atoms with Gasteiger partial charge in [-0.3, -0.25) is 9.78 Å². The Morgan fingerprint density at radius 2 is 2.22 bits per heavy atom. The molecule has 0 saturated carbocycles. The predicted molar refractivity (Wildman–Crippen MR) is 73.5 cm³/mol. The number of nitrogens with zero attached hydrogens (tertiary/aromatic N) is 1. The molecule has 0 aliphatic carbocycles. The molecule has 0 aliphatic rings. The van der Waals surface area contributed by atoms with Crippen LogP contribution in [-0.4, -0.2) is 24.5 Å². The number of hydrogen-bond donors (Lipinski definition) is 2. The molecule has 0 aliphatic heterocycles. The van der Waals surface area contributed by atoms with Crippen molar-refractivity contribution in [2.45, 2.75) is 6.92 Å². The monoisotopic (exact) mass is 243 g/mol. The maximum atomic E-state index is 12.0. The van der Waals surface area contributed by atoms with Gasteiger partial charge in [0.1, 0.15) is 0 Å². The average Bonchev–Trinajstić information content (AvgIpc) is 2.39. The summed E-state index contributed by atoms with van der Waals surface area (Å²) < 4.78 is 0. The lowest BCUT2D eigenvalue weighted by molar-refractivity contribution is -0.119. The summed E-state index contributed by atoms with van der Waals surface area (Å²) >= 11 is 0. The fraction of sp³-hybridized carbons (Fsp3) is 0.286. The second-order valence-electron chi connectivity index (χ2n) is 4.35. The molecule has 2 rings (SSSR count). The van der Waals surface area contributed by atoms with Crippen LogP contribution in [0.4, 0.5) is 5.69 Å². The number of rotatable bonds is 4. The van der Waals surface area contributed by atoms with Gasteiger partial charge in [0.2, 0.25) is 5.91 Å². The van der Waals surface area contributed by atoms with Crippen LogP contribution in [0.5, 0.6) is 0 Å². The third kappa shape index (κ3) is 2.65. The summed E-state index contributed by atoms with van der Waals surface area (Å²) in [6.07, 6.45) is 3.52. The first-order chi connectivity index (χ1) is 8.72. The number of hydrogen-bond acceptors (Lipinski definition) is 3. The number of nitrogens with one attached hydrogen (secondary N) is 2. The van der Waals surface area contributed by atoms with E-state index < -0.39 is 0 Å². The first-order valence-corrected chi connectivity index (χ1v) is 6.00. The zero-order valence-corrected chi connectivity index (χ0v) is 10.6. The molecule has 1 unspecified atom stereocenters. The molecular weight excluding hydrogens is 226 g/mol. The Morgan fingerprint density at radius 3 is 3.00 bits per heavy atom. The zero-order valence-electron chi connectivity index (χ0n) is 10.6. The van der Waals surface area contributed by atoms with Crippen LogP contribution in [-0.2, 0) is 4.79 Å². The second-order valence-corrected chi connectivity index (χ2v) is 4.35. The lowest BCUT2D eigenvalue weighted by Crippen LogP contribution is -2.28. The Balaban J connectivity index is 2.24. The van der Waals surface area contributed by atoms with E-state index in [1.165, 1.54) is 0 Å². The van der Waals surface area contributed by atoms with Crippen molar-refractivity contribution >= 4 is 22.4 Å². The van der Waals surface area contributed by atoms with Crippen LogP contribution in [0.1, 0.15) is 6.92 Å². The van der Waals surface area contributed by atoms with E-state index in [0.717, 1.165) is 16.5 Å². The molecule has 1 aromatic carbocycles. The first kappa shape index (κ1) is 12.5. The van der Waals surface area contributed by atoms with Gasteiger partial charge in [-0.2, -0.15) is 0 Å². The number of pyridine rings is 1. The molecule has 4 heteroatoms. The fourth-order valence-electron chi connectivity index (χ4n) is 1.88. The standard InChI is InChI=1S/C14H17N3O/c1-10(8-15-2)14(18)17-13-5-3-4-11-6-7-16-9-12(11)13/h3-7,9-10,15H,8H2,1-2H3,(H,17,18). The normalized spacial score (nSPS) is 12.3. The number of fused-ring (bicyclic) bond motifs is 1. The molecular formula is C14H17N3O. The number of carbonyl (C=O) groups is 1. The topological polar surface area (TPSA) is 54.0 Å². The number of benzene rings is 1. The molecule has 0 spiro atoms. The minimum absolute atomic E-state index is 0.0145. The molecule has 2 N–H and O–H groups in total. The van der Waals surface area contributed by atoms with Crippen LogP contribution in [0.3, 0.4) is 0 Å². The van der Waals surface area contributed by atoms with Gasteiger partial charge in [0.25, 0.3) is 0 Å². The maximum absolute atomic E-state index is 12.0. The minimum Gasteiger partial charge on any atom is -0.325 e. The third-order valence-corrected chi connectivity index (χ3v) is 2.90. The quantitative estimate of drug-likeness (QED) is 0.864. The Hall–Kier alpha value is -1.94. The zero-order chi connectivity index (χ0) is 13.0. The van der Waals surface area contributed by atoms with E-state index in [0.29, 0.717) is 6.54 Å². The second kappa shape index (κ2) is 5.60. The van der Waals surface area contributed by atoms with E-state index in [9.17, 15) is 4.79 Å². The smallest absolute Gasteiger partial charge is 0.228 e. The fourth-order valence-corrected chi connectivity index (χ4v) is 1.88. The molecule has 1 amide bonds. The average molecular weight is 243 g/mol. The van der Waals surface area contributed by atoms with Crippen LogP contribution in [0.2, 0.25) is 0 Å². The van der Waals surface area contributed by atoms with E-state index in [4.69, 9.17) is 0 Å². The lowest BCUT2D eigenvalue weighted by atomic mass is 10.1. The molecule has 1 aromatic heterocycles. The van der Waals surface area contributed by atoms with Gasteiger partial charge in [-0.25, -0.2) is 0 Å². The molecule has 0 radical (unpaired) electrons. The van der Waals surface area contributed by atoms with Crippen LogP contribution < -0.4 is 10.6 Å². The highest BCUT2D eigenvalue weighted by Crippen LogP contribution is 2.22. The van der Waals surface area contributed by atoms with Gasteiger partial charge in [0, 0.05) is 30.2 Å². The number of aromatic nitrogens is 1. The summed E-state index contributed by atoms with van der Waals surface area (Å²) in [5, 5.41) is 7.98. The Bertz CT molecular complexity index is 548. The highest BCUT2D eigenvalue weighted by molar-refractivity contribution is 6.02. The van der Waals surface area contributed by atoms with E-state index in [2.05, 4.69) is 15.6 Å². The van der Waals surface area contributed by atoms with Gasteiger partial charge in [-0.05, 0) is 24.6 Å². The van der Waals surface area contributed by atoms with Crippen LogP contribution in [0.15, 0.2) is 36.7 Å². The van der Waals surface area contributed by atoms with Crippen molar-refractivity contribution in [3.8, 4) is 0 Å². The third-order valence-electron chi connectivity index (χ3n) is 2.90. The van der Waals surface area contributed by atoms with Crippen molar-refractivity contribution < 1.29 is 4.79 Å². The van der Waals surface area contributed by atoms with Gasteiger partial charge < -0.3 is 10.6 Å². The van der Waals surface area contributed by atoms with Gasteiger partial charge in [-0.1, -0.05) is 19.1 Å². The minimum atomic E-state index is -0.0677. The maximum Gasteiger partial charge on any atom is 0.228 e. The van der Waals surface area contributed by atoms with Crippen molar-refractivity contribution in [3.63, 3.8) is 0 Å². The molecule has 0 fully saturated rings. The Kier molecular flexibility index (Phi) is 3.89.